The van der Waals surface area contributed by atoms with Crippen LogP contribution in [0.1, 0.15) is 12.6 Å². The summed E-state index contributed by atoms with van der Waals surface area (Å²) < 4.78 is 53.1. The van der Waals surface area contributed by atoms with Crippen molar-refractivity contribution < 1.29 is 22.4 Å². The number of anilines is 1. The van der Waals surface area contributed by atoms with Crippen LogP contribution in [0.4, 0.5) is 23.2 Å². The van der Waals surface area contributed by atoms with Crippen LogP contribution in [0.5, 0.6) is 0 Å². The number of hydrogen-bond donors (Lipinski definition) is 1. The average Bonchev–Trinajstić information content (AvgIpc) is 2.70. The molecule has 0 aliphatic carbocycles. The van der Waals surface area contributed by atoms with E-state index in [1.807, 2.05) is 0 Å². The van der Waals surface area contributed by atoms with Gasteiger partial charge >= 0.3 is 6.18 Å². The molecule has 3 rings (SSSR count). The van der Waals surface area contributed by atoms with Gasteiger partial charge in [-0.15, -0.1) is 0 Å². The highest BCUT2D eigenvalue weighted by Gasteiger charge is 2.34. The number of alkyl halides is 3. The lowest BCUT2D eigenvalue weighted by Gasteiger charge is -2.14. The second-order valence-electron chi connectivity index (χ2n) is 6.16. The lowest BCUT2D eigenvalue weighted by Crippen LogP contribution is -2.23. The van der Waals surface area contributed by atoms with Gasteiger partial charge in [-0.25, -0.2) is 14.4 Å². The molecule has 0 spiro atoms. The number of amides is 1. The Balaban J connectivity index is 1.83. The highest BCUT2D eigenvalue weighted by atomic mass is 35.5. The Kier molecular flexibility index (Phi) is 6.62. The maximum Gasteiger partial charge on any atom is 0.433 e. The fourth-order valence-corrected chi connectivity index (χ4v) is 3.37. The van der Waals surface area contributed by atoms with Crippen LogP contribution in [-0.2, 0) is 11.0 Å². The van der Waals surface area contributed by atoms with Crippen molar-refractivity contribution in [3.8, 4) is 11.3 Å². The summed E-state index contributed by atoms with van der Waals surface area (Å²) in [6, 6.07) is 12.9. The van der Waals surface area contributed by atoms with Crippen molar-refractivity contribution >= 4 is 35.0 Å². The van der Waals surface area contributed by atoms with E-state index in [1.165, 1.54) is 19.1 Å². The van der Waals surface area contributed by atoms with E-state index in [9.17, 15) is 22.4 Å². The second-order valence-corrected chi connectivity index (χ2v) is 7.88. The van der Waals surface area contributed by atoms with E-state index in [-0.39, 0.29) is 21.6 Å². The van der Waals surface area contributed by atoms with Crippen molar-refractivity contribution in [2.75, 3.05) is 5.32 Å². The van der Waals surface area contributed by atoms with Crippen LogP contribution in [-0.4, -0.2) is 21.1 Å². The van der Waals surface area contributed by atoms with Crippen LogP contribution in [0.15, 0.2) is 59.8 Å². The van der Waals surface area contributed by atoms with Crippen LogP contribution in [0.25, 0.3) is 11.3 Å². The number of carbonyl (C=O) groups is 1. The zero-order valence-corrected chi connectivity index (χ0v) is 16.9. The Morgan fingerprint density at radius 2 is 1.80 bits per heavy atom. The molecule has 1 atom stereocenters. The molecule has 0 fully saturated rings. The van der Waals surface area contributed by atoms with E-state index in [1.54, 1.807) is 30.3 Å². The van der Waals surface area contributed by atoms with Gasteiger partial charge < -0.3 is 5.32 Å². The van der Waals surface area contributed by atoms with Crippen LogP contribution in [0.2, 0.25) is 5.02 Å². The summed E-state index contributed by atoms with van der Waals surface area (Å²) in [6.45, 7) is 1.50. The molecule has 0 saturated heterocycles. The summed E-state index contributed by atoms with van der Waals surface area (Å²) in [4.78, 5) is 20.1. The number of hydrogen-bond acceptors (Lipinski definition) is 4. The number of halogens is 5. The number of aromatic nitrogens is 2. The van der Waals surface area contributed by atoms with Crippen molar-refractivity contribution in [2.45, 2.75) is 23.5 Å². The SMILES string of the molecule is C[C@@H](Sc1nc(-c2ccccc2)cc(C(F)(F)F)n1)C(=O)Nc1ccc(F)c(Cl)c1. The molecule has 156 valence electrons. The molecule has 10 heteroatoms. The first-order valence-electron chi connectivity index (χ1n) is 8.58. The van der Waals surface area contributed by atoms with E-state index in [4.69, 9.17) is 11.6 Å². The van der Waals surface area contributed by atoms with Gasteiger partial charge in [-0.3, -0.25) is 4.79 Å². The summed E-state index contributed by atoms with van der Waals surface area (Å²) in [5.41, 5.74) is -0.255. The van der Waals surface area contributed by atoms with Gasteiger partial charge in [0.15, 0.2) is 5.16 Å². The van der Waals surface area contributed by atoms with Crippen molar-refractivity contribution in [3.63, 3.8) is 0 Å². The first kappa shape index (κ1) is 22.0. The van der Waals surface area contributed by atoms with Gasteiger partial charge in [0.1, 0.15) is 11.5 Å². The van der Waals surface area contributed by atoms with Gasteiger partial charge in [-0.2, -0.15) is 13.2 Å². The fourth-order valence-electron chi connectivity index (χ4n) is 2.41. The molecule has 4 nitrogen and oxygen atoms in total. The normalized spacial score (nSPS) is 12.5. The zero-order valence-electron chi connectivity index (χ0n) is 15.4. The van der Waals surface area contributed by atoms with Gasteiger partial charge in [0, 0.05) is 11.3 Å². The Labute approximate surface area is 178 Å². The highest BCUT2D eigenvalue weighted by molar-refractivity contribution is 8.00. The maximum atomic E-state index is 13.3. The van der Waals surface area contributed by atoms with Crippen LogP contribution >= 0.6 is 23.4 Å². The third-order valence-electron chi connectivity index (χ3n) is 3.90. The first-order chi connectivity index (χ1) is 14.1. The number of nitrogens with one attached hydrogen (secondary N) is 1. The summed E-state index contributed by atoms with van der Waals surface area (Å²) >= 11 is 6.46. The molecule has 0 unspecified atom stereocenters. The van der Waals surface area contributed by atoms with Gasteiger partial charge in [0.25, 0.3) is 0 Å². The summed E-state index contributed by atoms with van der Waals surface area (Å²) in [7, 11) is 0. The summed E-state index contributed by atoms with van der Waals surface area (Å²) in [5, 5.41) is 1.34. The van der Waals surface area contributed by atoms with E-state index in [0.717, 1.165) is 23.9 Å². The molecule has 1 amide bonds. The Hall–Kier alpha value is -2.65. The third-order valence-corrected chi connectivity index (χ3v) is 5.15. The molecule has 0 radical (unpaired) electrons. The van der Waals surface area contributed by atoms with Gasteiger partial charge in [0.05, 0.1) is 16.0 Å². The molecule has 3 aromatic rings. The molecule has 1 aromatic heterocycles. The number of carbonyl (C=O) groups excluding carboxylic acids is 1. The predicted octanol–water partition coefficient (Wildman–Crippen LogP) is 6.07. The Bertz CT molecular complexity index is 1060. The minimum atomic E-state index is -4.67. The van der Waals surface area contributed by atoms with E-state index < -0.39 is 28.8 Å². The molecular weight excluding hydrogens is 442 g/mol. The van der Waals surface area contributed by atoms with Crippen molar-refractivity contribution in [2.24, 2.45) is 0 Å². The molecule has 1 N–H and O–H groups in total. The Morgan fingerprint density at radius 1 is 1.10 bits per heavy atom. The Morgan fingerprint density at radius 3 is 2.43 bits per heavy atom. The number of benzene rings is 2. The van der Waals surface area contributed by atoms with Crippen molar-refractivity contribution in [1.29, 1.82) is 0 Å². The van der Waals surface area contributed by atoms with Crippen molar-refractivity contribution in [1.82, 2.24) is 9.97 Å². The van der Waals surface area contributed by atoms with E-state index in [2.05, 4.69) is 15.3 Å². The topological polar surface area (TPSA) is 54.9 Å². The monoisotopic (exact) mass is 455 g/mol. The smallest absolute Gasteiger partial charge is 0.325 e. The molecule has 0 saturated carbocycles. The first-order valence-corrected chi connectivity index (χ1v) is 9.83. The third kappa shape index (κ3) is 5.48. The standard InChI is InChI=1S/C20H14ClF4N3OS/c1-11(18(29)26-13-7-8-15(22)14(21)9-13)30-19-27-16(12-5-3-2-4-6-12)10-17(28-19)20(23,24)25/h2-11H,1H3,(H,26,29)/t11-/m1/s1. The van der Waals surface area contributed by atoms with Crippen LogP contribution in [0.3, 0.4) is 0 Å². The average molecular weight is 456 g/mol. The lowest BCUT2D eigenvalue weighted by atomic mass is 10.1. The predicted molar refractivity (Wildman–Crippen MR) is 108 cm³/mol. The molecule has 0 aliphatic heterocycles. The van der Waals surface area contributed by atoms with Crippen LogP contribution in [0, 0.1) is 5.82 Å². The minimum absolute atomic E-state index is 0.0957. The maximum absolute atomic E-state index is 13.3. The van der Waals surface area contributed by atoms with Crippen molar-refractivity contribution in [3.05, 3.63) is 71.1 Å². The molecule has 1 heterocycles. The molecule has 0 bridgehead atoms. The number of nitrogens with zero attached hydrogens (tertiary/aromatic N) is 2. The van der Waals surface area contributed by atoms with E-state index in [0.29, 0.717) is 5.56 Å². The van der Waals surface area contributed by atoms with Crippen LogP contribution < -0.4 is 5.32 Å². The molecule has 2 aromatic carbocycles. The highest BCUT2D eigenvalue weighted by Crippen LogP contribution is 2.33. The number of rotatable bonds is 5. The van der Waals surface area contributed by atoms with Gasteiger partial charge in [-0.1, -0.05) is 53.7 Å². The zero-order chi connectivity index (χ0) is 21.9. The summed E-state index contributed by atoms with van der Waals surface area (Å²) in [6.07, 6.45) is -4.67. The molecule has 0 aliphatic rings. The summed E-state index contributed by atoms with van der Waals surface area (Å²) in [5.74, 6) is -1.16. The quantitative estimate of drug-likeness (QED) is 0.288. The molecular formula is C20H14ClF4N3OS. The lowest BCUT2D eigenvalue weighted by molar-refractivity contribution is -0.141. The second kappa shape index (κ2) is 9.01. The van der Waals surface area contributed by atoms with Gasteiger partial charge in [0.2, 0.25) is 5.91 Å². The van der Waals surface area contributed by atoms with E-state index >= 15 is 0 Å². The minimum Gasteiger partial charge on any atom is -0.325 e. The largest absolute Gasteiger partial charge is 0.433 e. The molecule has 30 heavy (non-hydrogen) atoms. The number of thioether (sulfide) groups is 1. The van der Waals surface area contributed by atoms with Gasteiger partial charge in [-0.05, 0) is 31.2 Å². The fraction of sp³-hybridized carbons (Fsp3) is 0.150.